The molecule has 0 radical (unpaired) electrons. The number of rotatable bonds is 2. The molecule has 0 aliphatic rings. The van der Waals surface area contributed by atoms with Gasteiger partial charge in [-0.3, -0.25) is 4.40 Å². The third-order valence-electron chi connectivity index (χ3n) is 3.56. The van der Waals surface area contributed by atoms with Crippen LogP contribution in [0.15, 0.2) is 30.5 Å². The predicted molar refractivity (Wildman–Crippen MR) is 87.8 cm³/mol. The van der Waals surface area contributed by atoms with Crippen molar-refractivity contribution in [3.8, 4) is 0 Å². The normalized spacial score (nSPS) is 14.2. The summed E-state index contributed by atoms with van der Waals surface area (Å²) in [6.45, 7) is 9.69. The van der Waals surface area contributed by atoms with E-state index >= 15 is 0 Å². The lowest BCUT2D eigenvalue weighted by atomic mass is 9.93. The zero-order chi connectivity index (χ0) is 14.5. The highest BCUT2D eigenvalue weighted by molar-refractivity contribution is 9.09. The Labute approximate surface area is 127 Å². The first-order chi connectivity index (χ1) is 9.38. The van der Waals surface area contributed by atoms with Crippen molar-refractivity contribution in [1.29, 1.82) is 0 Å². The summed E-state index contributed by atoms with van der Waals surface area (Å²) in [6, 6.07) is 8.49. The summed E-state index contributed by atoms with van der Waals surface area (Å²) in [7, 11) is 0. The van der Waals surface area contributed by atoms with Crippen molar-refractivity contribution in [3.05, 3.63) is 36.2 Å². The largest absolute Gasteiger partial charge is 0.308 e. The van der Waals surface area contributed by atoms with Crippen molar-refractivity contribution in [3.63, 3.8) is 0 Å². The quantitative estimate of drug-likeness (QED) is 0.638. The highest BCUT2D eigenvalue weighted by Gasteiger charge is 2.21. The van der Waals surface area contributed by atoms with Crippen LogP contribution in [0.4, 0.5) is 0 Å². The summed E-state index contributed by atoms with van der Waals surface area (Å²) in [4.78, 5) is 5.29. The van der Waals surface area contributed by atoms with Gasteiger partial charge in [0.05, 0.1) is 16.7 Å². The standard InChI is InChI=1S/C16H20BrN3/c1-11(17)9-19-12-7-5-6-8-13(12)20-10-14(16(2,3)4)18-15(19)20/h5-8,10-11H,9H2,1-4H3. The second kappa shape index (κ2) is 4.62. The number of alkyl halides is 1. The van der Waals surface area contributed by atoms with Crippen molar-refractivity contribution in [2.24, 2.45) is 0 Å². The van der Waals surface area contributed by atoms with Crippen LogP contribution >= 0.6 is 15.9 Å². The van der Waals surface area contributed by atoms with Gasteiger partial charge in [-0.25, -0.2) is 4.98 Å². The smallest absolute Gasteiger partial charge is 0.215 e. The van der Waals surface area contributed by atoms with Crippen LogP contribution in [0.3, 0.4) is 0 Å². The zero-order valence-corrected chi connectivity index (χ0v) is 14.0. The van der Waals surface area contributed by atoms with Crippen LogP contribution in [0.25, 0.3) is 16.8 Å². The SMILES string of the molecule is CC(Br)Cn1c2ccccc2n2cc(C(C)(C)C)nc12. The molecular weight excluding hydrogens is 314 g/mol. The third kappa shape index (κ3) is 2.16. The molecule has 3 rings (SSSR count). The van der Waals surface area contributed by atoms with Crippen molar-refractivity contribution in [2.75, 3.05) is 0 Å². The molecule has 1 aromatic carbocycles. The van der Waals surface area contributed by atoms with E-state index in [1.807, 2.05) is 0 Å². The van der Waals surface area contributed by atoms with E-state index in [2.05, 4.69) is 83.1 Å². The molecule has 2 heterocycles. The van der Waals surface area contributed by atoms with E-state index in [-0.39, 0.29) is 5.41 Å². The molecule has 20 heavy (non-hydrogen) atoms. The first-order valence-electron chi connectivity index (χ1n) is 6.99. The Hall–Kier alpha value is -1.29. The fourth-order valence-corrected chi connectivity index (χ4v) is 2.82. The first kappa shape index (κ1) is 13.7. The minimum Gasteiger partial charge on any atom is -0.308 e. The Kier molecular flexibility index (Phi) is 3.16. The summed E-state index contributed by atoms with van der Waals surface area (Å²) in [5.74, 6) is 1.03. The third-order valence-corrected chi connectivity index (χ3v) is 3.85. The number of nitrogens with zero attached hydrogens (tertiary/aromatic N) is 3. The second-order valence-corrected chi connectivity index (χ2v) is 7.99. The highest BCUT2D eigenvalue weighted by atomic mass is 79.9. The number of imidazole rings is 2. The fraction of sp³-hybridized carbons (Fsp3) is 0.438. The molecule has 2 aromatic heterocycles. The lowest BCUT2D eigenvalue weighted by molar-refractivity contribution is 0.572. The Morgan fingerprint density at radius 2 is 1.85 bits per heavy atom. The number of para-hydroxylation sites is 2. The van der Waals surface area contributed by atoms with Crippen LogP contribution in [-0.4, -0.2) is 18.8 Å². The van der Waals surface area contributed by atoms with Crippen LogP contribution in [0.5, 0.6) is 0 Å². The van der Waals surface area contributed by atoms with Gasteiger partial charge in [0.15, 0.2) is 0 Å². The molecule has 0 fully saturated rings. The van der Waals surface area contributed by atoms with Gasteiger partial charge in [0.1, 0.15) is 0 Å². The number of benzene rings is 1. The number of hydrogen-bond acceptors (Lipinski definition) is 1. The average molecular weight is 334 g/mol. The molecule has 3 nitrogen and oxygen atoms in total. The average Bonchev–Trinajstić information content (AvgIpc) is 2.89. The molecule has 0 saturated carbocycles. The zero-order valence-electron chi connectivity index (χ0n) is 12.4. The van der Waals surface area contributed by atoms with Crippen LogP contribution in [0, 0.1) is 0 Å². The molecule has 0 aliphatic carbocycles. The van der Waals surface area contributed by atoms with Gasteiger partial charge in [-0.1, -0.05) is 55.8 Å². The van der Waals surface area contributed by atoms with Gasteiger partial charge < -0.3 is 4.57 Å². The predicted octanol–water partition coefficient (Wildman–Crippen LogP) is 4.37. The Balaban J connectivity index is 2.33. The van der Waals surface area contributed by atoms with Crippen molar-refractivity contribution >= 4 is 32.7 Å². The van der Waals surface area contributed by atoms with Crippen LogP contribution in [-0.2, 0) is 12.0 Å². The molecule has 0 aliphatic heterocycles. The summed E-state index contributed by atoms with van der Waals surface area (Å²) in [6.07, 6.45) is 2.17. The molecule has 0 N–H and O–H groups in total. The number of fused-ring (bicyclic) bond motifs is 3. The first-order valence-corrected chi connectivity index (χ1v) is 7.90. The van der Waals surface area contributed by atoms with E-state index in [9.17, 15) is 0 Å². The molecule has 0 amide bonds. The molecule has 4 heteroatoms. The van der Waals surface area contributed by atoms with E-state index in [0.29, 0.717) is 4.83 Å². The van der Waals surface area contributed by atoms with E-state index in [0.717, 1.165) is 18.0 Å². The summed E-state index contributed by atoms with van der Waals surface area (Å²) in [5.41, 5.74) is 3.66. The molecule has 1 unspecified atom stereocenters. The molecule has 0 bridgehead atoms. The lowest BCUT2D eigenvalue weighted by Crippen LogP contribution is -2.12. The molecule has 1 atom stereocenters. The Bertz CT molecular complexity index is 759. The van der Waals surface area contributed by atoms with Gasteiger partial charge in [0.2, 0.25) is 5.78 Å². The van der Waals surface area contributed by atoms with Gasteiger partial charge in [-0.05, 0) is 12.1 Å². The summed E-state index contributed by atoms with van der Waals surface area (Å²) >= 11 is 3.66. The van der Waals surface area contributed by atoms with Crippen molar-refractivity contribution in [1.82, 2.24) is 14.0 Å². The molecule has 0 saturated heterocycles. The molecule has 0 spiro atoms. The number of hydrogen-bond donors (Lipinski definition) is 0. The van der Waals surface area contributed by atoms with E-state index in [1.165, 1.54) is 11.0 Å². The Morgan fingerprint density at radius 1 is 1.20 bits per heavy atom. The monoisotopic (exact) mass is 333 g/mol. The van der Waals surface area contributed by atoms with Crippen LogP contribution < -0.4 is 0 Å². The van der Waals surface area contributed by atoms with Gasteiger partial charge >= 0.3 is 0 Å². The van der Waals surface area contributed by atoms with Gasteiger partial charge in [0.25, 0.3) is 0 Å². The lowest BCUT2D eigenvalue weighted by Gasteiger charge is -2.14. The maximum absolute atomic E-state index is 4.88. The van der Waals surface area contributed by atoms with E-state index in [1.54, 1.807) is 0 Å². The summed E-state index contributed by atoms with van der Waals surface area (Å²) < 4.78 is 4.51. The maximum Gasteiger partial charge on any atom is 0.215 e. The van der Waals surface area contributed by atoms with E-state index < -0.39 is 0 Å². The van der Waals surface area contributed by atoms with Crippen LogP contribution in [0.1, 0.15) is 33.4 Å². The molecule has 3 aromatic rings. The highest BCUT2D eigenvalue weighted by Crippen LogP contribution is 2.27. The van der Waals surface area contributed by atoms with Gasteiger partial charge in [0, 0.05) is 23.0 Å². The topological polar surface area (TPSA) is 22.2 Å². The van der Waals surface area contributed by atoms with Crippen LogP contribution in [0.2, 0.25) is 0 Å². The van der Waals surface area contributed by atoms with E-state index in [4.69, 9.17) is 4.98 Å². The van der Waals surface area contributed by atoms with Gasteiger partial charge in [-0.2, -0.15) is 0 Å². The second-order valence-electron chi connectivity index (χ2n) is 6.43. The summed E-state index contributed by atoms with van der Waals surface area (Å²) in [5, 5.41) is 0. The minimum atomic E-state index is 0.0674. The fourth-order valence-electron chi connectivity index (χ4n) is 2.53. The van der Waals surface area contributed by atoms with Crippen molar-refractivity contribution < 1.29 is 0 Å². The molecular formula is C16H20BrN3. The number of halogens is 1. The van der Waals surface area contributed by atoms with Gasteiger partial charge in [-0.15, -0.1) is 0 Å². The van der Waals surface area contributed by atoms with Crippen molar-refractivity contribution in [2.45, 2.75) is 44.5 Å². The Morgan fingerprint density at radius 3 is 2.45 bits per heavy atom. The number of aromatic nitrogens is 3. The minimum absolute atomic E-state index is 0.0674. The maximum atomic E-state index is 4.88. The molecule has 106 valence electrons.